The van der Waals surface area contributed by atoms with Gasteiger partial charge in [0.15, 0.2) is 4.87 Å². The first-order valence-electron chi connectivity index (χ1n) is 4.30. The summed E-state index contributed by atoms with van der Waals surface area (Å²) in [5.41, 5.74) is 0.523. The van der Waals surface area contributed by atoms with Crippen LogP contribution >= 0.6 is 23.2 Å². The van der Waals surface area contributed by atoms with Crippen molar-refractivity contribution in [3.8, 4) is 0 Å². The molecule has 3 nitrogen and oxygen atoms in total. The van der Waals surface area contributed by atoms with Crippen molar-refractivity contribution in [2.45, 2.75) is 10.3 Å². The molecule has 1 heterocycles. The summed E-state index contributed by atoms with van der Waals surface area (Å²) in [7, 11) is 0. The standard InChI is InChI=1S/C10H7Cl2NO2/c11-7-8(14)13-9(15)10(7,12)6-4-2-1-3-5-6/h1-5,7H,(H,13,14,15). The van der Waals surface area contributed by atoms with Crippen molar-refractivity contribution in [3.05, 3.63) is 35.9 Å². The van der Waals surface area contributed by atoms with E-state index in [1.54, 1.807) is 30.3 Å². The van der Waals surface area contributed by atoms with Gasteiger partial charge in [-0.05, 0) is 5.56 Å². The maximum Gasteiger partial charge on any atom is 0.254 e. The summed E-state index contributed by atoms with van der Waals surface area (Å²) < 4.78 is 0. The van der Waals surface area contributed by atoms with Gasteiger partial charge in [0.25, 0.3) is 5.91 Å². The number of carbonyl (C=O) groups is 2. The number of hydrogen-bond donors (Lipinski definition) is 1. The normalized spacial score (nSPS) is 30.4. The van der Waals surface area contributed by atoms with Gasteiger partial charge in [0.1, 0.15) is 5.38 Å². The Morgan fingerprint density at radius 1 is 1.20 bits per heavy atom. The van der Waals surface area contributed by atoms with Gasteiger partial charge in [0, 0.05) is 0 Å². The van der Waals surface area contributed by atoms with E-state index in [0.717, 1.165) is 0 Å². The topological polar surface area (TPSA) is 46.2 Å². The Morgan fingerprint density at radius 2 is 1.80 bits per heavy atom. The third kappa shape index (κ3) is 1.43. The number of hydrogen-bond acceptors (Lipinski definition) is 2. The molecule has 1 aromatic carbocycles. The van der Waals surface area contributed by atoms with Gasteiger partial charge in [-0.25, -0.2) is 0 Å². The highest BCUT2D eigenvalue weighted by Gasteiger charge is 2.54. The predicted molar refractivity (Wildman–Crippen MR) is 56.8 cm³/mol. The van der Waals surface area contributed by atoms with Crippen LogP contribution in [-0.4, -0.2) is 17.2 Å². The molecule has 1 fully saturated rings. The van der Waals surface area contributed by atoms with E-state index in [2.05, 4.69) is 5.32 Å². The van der Waals surface area contributed by atoms with Crippen LogP contribution in [0.1, 0.15) is 5.56 Å². The molecule has 0 aromatic heterocycles. The summed E-state index contributed by atoms with van der Waals surface area (Å²) in [4.78, 5) is 21.3. The third-order valence-corrected chi connectivity index (χ3v) is 3.59. The van der Waals surface area contributed by atoms with Gasteiger partial charge >= 0.3 is 0 Å². The molecular formula is C10H7Cl2NO2. The number of imide groups is 1. The average Bonchev–Trinajstić information content (AvgIpc) is 2.45. The highest BCUT2D eigenvalue weighted by molar-refractivity contribution is 6.49. The lowest BCUT2D eigenvalue weighted by molar-refractivity contribution is -0.125. The van der Waals surface area contributed by atoms with Crippen LogP contribution in [0.4, 0.5) is 0 Å². The molecule has 2 amide bonds. The summed E-state index contributed by atoms with van der Waals surface area (Å²) in [6.45, 7) is 0. The fourth-order valence-corrected chi connectivity index (χ4v) is 2.07. The first-order valence-corrected chi connectivity index (χ1v) is 5.12. The summed E-state index contributed by atoms with van der Waals surface area (Å²) in [6, 6.07) is 8.60. The lowest BCUT2D eigenvalue weighted by atomic mass is 9.96. The average molecular weight is 244 g/mol. The van der Waals surface area contributed by atoms with Gasteiger partial charge in [0.05, 0.1) is 0 Å². The van der Waals surface area contributed by atoms with Crippen LogP contribution in [0.15, 0.2) is 30.3 Å². The fourth-order valence-electron chi connectivity index (χ4n) is 1.52. The Kier molecular flexibility index (Phi) is 2.44. The van der Waals surface area contributed by atoms with E-state index in [1.807, 2.05) is 0 Å². The molecule has 0 aliphatic carbocycles. The number of amides is 2. The molecule has 1 aromatic rings. The van der Waals surface area contributed by atoms with E-state index in [4.69, 9.17) is 23.2 Å². The lowest BCUT2D eigenvalue weighted by Crippen LogP contribution is -2.34. The largest absolute Gasteiger partial charge is 0.293 e. The third-order valence-electron chi connectivity index (χ3n) is 2.34. The number of nitrogens with one attached hydrogen (secondary N) is 1. The number of rotatable bonds is 1. The van der Waals surface area contributed by atoms with Crippen LogP contribution in [0.2, 0.25) is 0 Å². The number of alkyl halides is 2. The molecule has 78 valence electrons. The maximum absolute atomic E-state index is 11.6. The zero-order valence-electron chi connectivity index (χ0n) is 7.54. The van der Waals surface area contributed by atoms with Crippen LogP contribution in [0, 0.1) is 0 Å². The van der Waals surface area contributed by atoms with Crippen molar-refractivity contribution in [1.82, 2.24) is 5.32 Å². The SMILES string of the molecule is O=C1NC(=O)C(Cl)(c2ccccc2)C1Cl. The molecule has 2 rings (SSSR count). The van der Waals surface area contributed by atoms with E-state index in [0.29, 0.717) is 5.56 Å². The van der Waals surface area contributed by atoms with Crippen LogP contribution in [-0.2, 0) is 14.5 Å². The van der Waals surface area contributed by atoms with Crippen molar-refractivity contribution in [1.29, 1.82) is 0 Å². The summed E-state index contributed by atoms with van der Waals surface area (Å²) in [5, 5.41) is 1.04. The maximum atomic E-state index is 11.6. The molecule has 1 aliphatic rings. The summed E-state index contributed by atoms with van der Waals surface area (Å²) in [5.74, 6) is -1.12. The molecular weight excluding hydrogens is 237 g/mol. The molecule has 0 bridgehead atoms. The molecule has 2 atom stereocenters. The number of halogens is 2. The van der Waals surface area contributed by atoms with Crippen LogP contribution in [0.25, 0.3) is 0 Å². The van der Waals surface area contributed by atoms with Gasteiger partial charge in [-0.2, -0.15) is 0 Å². The molecule has 0 saturated carbocycles. The molecule has 0 radical (unpaired) electrons. The minimum absolute atomic E-state index is 0.523. The first-order chi connectivity index (χ1) is 7.06. The molecule has 1 N–H and O–H groups in total. The first kappa shape index (κ1) is 10.5. The fraction of sp³-hybridized carbons (Fsp3) is 0.200. The van der Waals surface area contributed by atoms with Crippen molar-refractivity contribution < 1.29 is 9.59 Å². The second-order valence-corrected chi connectivity index (χ2v) is 4.29. The zero-order valence-corrected chi connectivity index (χ0v) is 9.05. The zero-order chi connectivity index (χ0) is 11.1. The Balaban J connectivity index is 2.51. The quantitative estimate of drug-likeness (QED) is 0.599. The Bertz CT molecular complexity index is 421. The van der Waals surface area contributed by atoms with Gasteiger partial charge in [-0.15, -0.1) is 23.2 Å². The van der Waals surface area contributed by atoms with Gasteiger partial charge < -0.3 is 0 Å². The van der Waals surface area contributed by atoms with E-state index < -0.39 is 22.1 Å². The minimum atomic E-state index is -1.49. The predicted octanol–water partition coefficient (Wildman–Crippen LogP) is 1.38. The van der Waals surface area contributed by atoms with Crippen LogP contribution in [0.3, 0.4) is 0 Å². The van der Waals surface area contributed by atoms with E-state index in [9.17, 15) is 9.59 Å². The van der Waals surface area contributed by atoms with E-state index in [1.165, 1.54) is 0 Å². The van der Waals surface area contributed by atoms with Crippen molar-refractivity contribution in [2.75, 3.05) is 0 Å². The van der Waals surface area contributed by atoms with Crippen molar-refractivity contribution in [2.24, 2.45) is 0 Å². The van der Waals surface area contributed by atoms with Gasteiger partial charge in [-0.1, -0.05) is 30.3 Å². The second kappa shape index (κ2) is 3.51. The number of benzene rings is 1. The summed E-state index contributed by atoms with van der Waals surface area (Å²) >= 11 is 12.0. The number of carbonyl (C=O) groups excluding carboxylic acids is 2. The van der Waals surface area contributed by atoms with Crippen molar-refractivity contribution in [3.63, 3.8) is 0 Å². The van der Waals surface area contributed by atoms with Crippen LogP contribution < -0.4 is 5.32 Å². The molecule has 1 saturated heterocycles. The van der Waals surface area contributed by atoms with E-state index >= 15 is 0 Å². The Labute approximate surface area is 96.4 Å². The highest BCUT2D eigenvalue weighted by atomic mass is 35.5. The lowest BCUT2D eigenvalue weighted by Gasteiger charge is -2.20. The molecule has 2 unspecified atom stereocenters. The molecule has 5 heteroatoms. The Morgan fingerprint density at radius 3 is 2.27 bits per heavy atom. The van der Waals surface area contributed by atoms with E-state index in [-0.39, 0.29) is 0 Å². The monoisotopic (exact) mass is 243 g/mol. The van der Waals surface area contributed by atoms with Gasteiger partial charge in [0.2, 0.25) is 5.91 Å². The smallest absolute Gasteiger partial charge is 0.254 e. The van der Waals surface area contributed by atoms with Gasteiger partial charge in [-0.3, -0.25) is 14.9 Å². The molecule has 0 spiro atoms. The molecule has 15 heavy (non-hydrogen) atoms. The minimum Gasteiger partial charge on any atom is -0.293 e. The van der Waals surface area contributed by atoms with Crippen molar-refractivity contribution >= 4 is 35.0 Å². The summed E-state index contributed by atoms with van der Waals surface area (Å²) in [6.07, 6.45) is 0. The van der Waals surface area contributed by atoms with Crippen LogP contribution in [0.5, 0.6) is 0 Å². The highest BCUT2D eigenvalue weighted by Crippen LogP contribution is 2.39. The second-order valence-electron chi connectivity index (χ2n) is 3.26. The Hall–Kier alpha value is -1.06. The molecule has 1 aliphatic heterocycles.